The fraction of sp³-hybridized carbons (Fsp3) is 0.577. The number of carbonyl (C=O) groups is 2. The standard InChI is InChI=1S/C26H35Cl2N3O2S/c1-17(2)26(33)31(15-20-10-13-34-16-20)21-8-11-30(12-9-21)19(4)6-5-7-22(32)24-18(3)14-23(27)29-25(24)28/h10,13-14,16-17,19,21H,5-9,11-12,15H2,1-4H3/t19-/m1/s1. The Balaban J connectivity index is 1.49. The zero-order valence-corrected chi connectivity index (χ0v) is 22.8. The third kappa shape index (κ3) is 7.03. The number of likely N-dealkylation sites (tertiary alicyclic amines) is 1. The monoisotopic (exact) mass is 523 g/mol. The summed E-state index contributed by atoms with van der Waals surface area (Å²) in [4.78, 5) is 34.2. The molecule has 1 aliphatic heterocycles. The number of piperidine rings is 1. The maximum absolute atomic E-state index is 12.9. The van der Waals surface area contributed by atoms with E-state index >= 15 is 0 Å². The Morgan fingerprint density at radius 3 is 2.53 bits per heavy atom. The number of rotatable bonds is 10. The van der Waals surface area contributed by atoms with Gasteiger partial charge in [0.2, 0.25) is 5.91 Å². The maximum atomic E-state index is 12.9. The minimum atomic E-state index is 0.00102. The molecular formula is C26H35Cl2N3O2S. The molecule has 8 heteroatoms. The average molecular weight is 525 g/mol. The van der Waals surface area contributed by atoms with Gasteiger partial charge in [-0.15, -0.1) is 0 Å². The van der Waals surface area contributed by atoms with Gasteiger partial charge in [-0.25, -0.2) is 4.98 Å². The first-order valence-corrected chi connectivity index (χ1v) is 13.8. The van der Waals surface area contributed by atoms with Crippen molar-refractivity contribution >= 4 is 46.2 Å². The number of amides is 1. The second-order valence-corrected chi connectivity index (χ2v) is 11.1. The van der Waals surface area contributed by atoms with Gasteiger partial charge in [0.15, 0.2) is 5.78 Å². The summed E-state index contributed by atoms with van der Waals surface area (Å²) >= 11 is 13.8. The number of Topliss-reactive ketones (excluding diaryl/α,β-unsaturated/α-hetero) is 1. The van der Waals surface area contributed by atoms with Crippen LogP contribution in [0.5, 0.6) is 0 Å². The molecule has 0 unspecified atom stereocenters. The lowest BCUT2D eigenvalue weighted by molar-refractivity contribution is -0.138. The second-order valence-electron chi connectivity index (χ2n) is 9.61. The van der Waals surface area contributed by atoms with Crippen molar-refractivity contribution in [3.05, 3.63) is 49.9 Å². The van der Waals surface area contributed by atoms with E-state index in [2.05, 4.69) is 38.5 Å². The highest BCUT2D eigenvalue weighted by Gasteiger charge is 2.30. The normalized spacial score (nSPS) is 16.1. The van der Waals surface area contributed by atoms with Crippen LogP contribution in [0.4, 0.5) is 0 Å². The van der Waals surface area contributed by atoms with Crippen LogP contribution in [0, 0.1) is 12.8 Å². The Hall–Kier alpha value is -1.47. The van der Waals surface area contributed by atoms with E-state index in [1.165, 1.54) is 5.56 Å². The van der Waals surface area contributed by atoms with Crippen LogP contribution in [0.15, 0.2) is 22.9 Å². The van der Waals surface area contributed by atoms with E-state index in [0.717, 1.165) is 44.3 Å². The van der Waals surface area contributed by atoms with E-state index in [4.69, 9.17) is 23.2 Å². The number of thiophene rings is 1. The molecule has 1 atom stereocenters. The van der Waals surface area contributed by atoms with Crippen molar-refractivity contribution in [2.24, 2.45) is 5.92 Å². The summed E-state index contributed by atoms with van der Waals surface area (Å²) in [6.07, 6.45) is 4.16. The van der Waals surface area contributed by atoms with Gasteiger partial charge in [-0.05, 0) is 73.6 Å². The lowest BCUT2D eigenvalue weighted by Crippen LogP contribution is -2.49. The number of hydrogen-bond donors (Lipinski definition) is 0. The number of carbonyl (C=O) groups excluding carboxylic acids is 2. The van der Waals surface area contributed by atoms with Crippen molar-refractivity contribution in [3.8, 4) is 0 Å². The van der Waals surface area contributed by atoms with Gasteiger partial charge in [0.25, 0.3) is 0 Å². The molecule has 1 amide bonds. The minimum absolute atomic E-state index is 0.00102. The molecule has 1 fully saturated rings. The molecule has 5 nitrogen and oxygen atoms in total. The number of nitrogens with zero attached hydrogens (tertiary/aromatic N) is 3. The summed E-state index contributed by atoms with van der Waals surface area (Å²) in [5.41, 5.74) is 2.47. The zero-order chi connectivity index (χ0) is 24.8. The lowest BCUT2D eigenvalue weighted by atomic mass is 9.97. The van der Waals surface area contributed by atoms with Crippen LogP contribution in [-0.2, 0) is 11.3 Å². The molecule has 0 spiro atoms. The summed E-state index contributed by atoms with van der Waals surface area (Å²) in [6.45, 7) is 10.7. The van der Waals surface area contributed by atoms with Gasteiger partial charge >= 0.3 is 0 Å². The molecule has 0 aliphatic carbocycles. The minimum Gasteiger partial charge on any atom is -0.335 e. The Kier molecular flexibility index (Phi) is 9.95. The van der Waals surface area contributed by atoms with E-state index < -0.39 is 0 Å². The van der Waals surface area contributed by atoms with E-state index in [1.54, 1.807) is 17.4 Å². The Morgan fingerprint density at radius 1 is 1.24 bits per heavy atom. The number of aromatic nitrogens is 1. The van der Waals surface area contributed by atoms with Crippen LogP contribution in [0.1, 0.15) is 74.4 Å². The van der Waals surface area contributed by atoms with Gasteiger partial charge < -0.3 is 9.80 Å². The third-order valence-corrected chi connectivity index (χ3v) is 7.92. The summed E-state index contributed by atoms with van der Waals surface area (Å²) in [7, 11) is 0. The smallest absolute Gasteiger partial charge is 0.225 e. The Bertz CT molecular complexity index is 949. The molecule has 0 saturated carbocycles. The van der Waals surface area contributed by atoms with Crippen molar-refractivity contribution < 1.29 is 9.59 Å². The summed E-state index contributed by atoms with van der Waals surface area (Å²) in [5.74, 6) is 0.261. The van der Waals surface area contributed by atoms with Crippen LogP contribution in [0.25, 0.3) is 0 Å². The average Bonchev–Trinajstić information content (AvgIpc) is 3.29. The van der Waals surface area contributed by atoms with Gasteiger partial charge in [-0.2, -0.15) is 11.3 Å². The first-order valence-electron chi connectivity index (χ1n) is 12.1. The zero-order valence-electron chi connectivity index (χ0n) is 20.5. The molecule has 0 N–H and O–H groups in total. The first kappa shape index (κ1) is 27.1. The first-order chi connectivity index (χ1) is 16.2. The van der Waals surface area contributed by atoms with E-state index in [9.17, 15) is 9.59 Å². The van der Waals surface area contributed by atoms with Gasteiger partial charge in [0, 0.05) is 44.1 Å². The van der Waals surface area contributed by atoms with Crippen molar-refractivity contribution in [2.75, 3.05) is 13.1 Å². The van der Waals surface area contributed by atoms with Gasteiger partial charge in [-0.1, -0.05) is 37.0 Å². The number of hydrogen-bond acceptors (Lipinski definition) is 5. The van der Waals surface area contributed by atoms with Crippen LogP contribution < -0.4 is 0 Å². The largest absolute Gasteiger partial charge is 0.335 e. The van der Waals surface area contributed by atoms with Crippen molar-refractivity contribution in [3.63, 3.8) is 0 Å². The van der Waals surface area contributed by atoms with Crippen LogP contribution in [-0.4, -0.2) is 51.6 Å². The highest BCUT2D eigenvalue weighted by Crippen LogP contribution is 2.26. The summed E-state index contributed by atoms with van der Waals surface area (Å²) in [6, 6.07) is 4.46. The van der Waals surface area contributed by atoms with Crippen molar-refractivity contribution in [2.45, 2.75) is 78.4 Å². The second kappa shape index (κ2) is 12.5. The summed E-state index contributed by atoms with van der Waals surface area (Å²) in [5, 5.41) is 4.70. The van der Waals surface area contributed by atoms with Crippen LogP contribution in [0.2, 0.25) is 10.3 Å². The Labute approximate surface area is 217 Å². The van der Waals surface area contributed by atoms with Gasteiger partial charge in [-0.3, -0.25) is 9.59 Å². The maximum Gasteiger partial charge on any atom is 0.225 e. The molecule has 0 aromatic carbocycles. The molecule has 3 rings (SSSR count). The topological polar surface area (TPSA) is 53.5 Å². The SMILES string of the molecule is Cc1cc(Cl)nc(Cl)c1C(=O)CCC[C@@H](C)N1CCC(N(Cc2ccsc2)C(=O)C(C)C)CC1. The fourth-order valence-electron chi connectivity index (χ4n) is 4.73. The highest BCUT2D eigenvalue weighted by atomic mass is 35.5. The highest BCUT2D eigenvalue weighted by molar-refractivity contribution is 7.07. The molecular weight excluding hydrogens is 489 g/mol. The number of pyridine rings is 1. The Morgan fingerprint density at radius 2 is 1.94 bits per heavy atom. The molecule has 2 aromatic heterocycles. The van der Waals surface area contributed by atoms with E-state index in [1.807, 2.05) is 20.8 Å². The van der Waals surface area contributed by atoms with E-state index in [0.29, 0.717) is 29.7 Å². The quantitative estimate of drug-likeness (QED) is 0.258. The molecule has 0 bridgehead atoms. The molecule has 1 saturated heterocycles. The third-order valence-electron chi connectivity index (χ3n) is 6.72. The van der Waals surface area contributed by atoms with Crippen LogP contribution in [0.3, 0.4) is 0 Å². The van der Waals surface area contributed by atoms with Gasteiger partial charge in [0.05, 0.1) is 5.56 Å². The van der Waals surface area contributed by atoms with Crippen molar-refractivity contribution in [1.82, 2.24) is 14.8 Å². The number of ketones is 1. The predicted octanol–water partition coefficient (Wildman–Crippen LogP) is 6.65. The summed E-state index contributed by atoms with van der Waals surface area (Å²) < 4.78 is 0. The number of halogens is 2. The fourth-order valence-corrected chi connectivity index (χ4v) is 6.03. The molecule has 0 radical (unpaired) electrons. The molecule has 3 heterocycles. The molecule has 1 aliphatic rings. The molecule has 34 heavy (non-hydrogen) atoms. The van der Waals surface area contributed by atoms with Crippen molar-refractivity contribution in [1.29, 1.82) is 0 Å². The van der Waals surface area contributed by atoms with Gasteiger partial charge in [0.1, 0.15) is 10.3 Å². The van der Waals surface area contributed by atoms with Crippen LogP contribution >= 0.6 is 34.5 Å². The van der Waals surface area contributed by atoms with E-state index in [-0.39, 0.29) is 28.8 Å². The molecule has 186 valence electrons. The predicted molar refractivity (Wildman–Crippen MR) is 141 cm³/mol. The number of aryl methyl sites for hydroxylation is 1. The lowest BCUT2D eigenvalue weighted by Gasteiger charge is -2.41. The molecule has 2 aromatic rings.